The molecule has 0 rings (SSSR count). The van der Waals surface area contributed by atoms with Gasteiger partial charge in [0.2, 0.25) is 5.91 Å². The summed E-state index contributed by atoms with van der Waals surface area (Å²) in [5.41, 5.74) is 5.06. The number of carbonyl (C=O) groups is 1. The monoisotopic (exact) mass is 142 g/mol. The summed E-state index contributed by atoms with van der Waals surface area (Å²) < 4.78 is 0. The average Bonchev–Trinajstić information content (AvgIpc) is 1.87. The molecule has 3 N–H and O–H groups in total. The Bertz CT molecular complexity index is 123. The van der Waals surface area contributed by atoms with Gasteiger partial charge in [-0.05, 0) is 13.0 Å². The van der Waals surface area contributed by atoms with Crippen LogP contribution in [0.3, 0.4) is 0 Å². The van der Waals surface area contributed by atoms with Gasteiger partial charge in [0, 0.05) is 0 Å². The van der Waals surface area contributed by atoms with Crippen molar-refractivity contribution in [1.29, 1.82) is 0 Å². The third kappa shape index (κ3) is 3.25. The summed E-state index contributed by atoms with van der Waals surface area (Å²) >= 11 is 0. The van der Waals surface area contributed by atoms with E-state index in [1.54, 1.807) is 6.08 Å². The van der Waals surface area contributed by atoms with E-state index in [0.717, 1.165) is 6.54 Å². The molecule has 3 heteroatoms. The molecule has 0 saturated carbocycles. The summed E-state index contributed by atoms with van der Waals surface area (Å²) in [7, 11) is 0. The molecule has 0 radical (unpaired) electrons. The van der Waals surface area contributed by atoms with Crippen LogP contribution in [0.25, 0.3) is 0 Å². The van der Waals surface area contributed by atoms with Crippen LogP contribution in [-0.4, -0.2) is 18.5 Å². The molecule has 0 aromatic rings. The third-order valence-electron chi connectivity index (χ3n) is 1.20. The van der Waals surface area contributed by atoms with E-state index >= 15 is 0 Å². The largest absolute Gasteiger partial charge is 0.368 e. The fourth-order valence-corrected chi connectivity index (χ4v) is 0.713. The molecule has 0 fully saturated rings. The van der Waals surface area contributed by atoms with Gasteiger partial charge in [0.15, 0.2) is 0 Å². The Kier molecular flexibility index (Phi) is 4.58. The number of hydrogen-bond acceptors (Lipinski definition) is 2. The number of amides is 1. The molecule has 0 aromatic heterocycles. The molecule has 0 aliphatic rings. The Labute approximate surface area is 61.3 Å². The summed E-state index contributed by atoms with van der Waals surface area (Å²) in [6.07, 6.45) is 2.28. The normalized spacial score (nSPS) is 12.5. The number of carbonyl (C=O) groups excluding carboxylic acids is 1. The van der Waals surface area contributed by atoms with Gasteiger partial charge in [0.05, 0.1) is 6.04 Å². The molecule has 3 nitrogen and oxygen atoms in total. The Hall–Kier alpha value is -0.830. The molecule has 0 heterocycles. The molecular weight excluding hydrogens is 128 g/mol. The first-order valence-electron chi connectivity index (χ1n) is 3.36. The molecule has 1 amide bonds. The molecule has 1 atom stereocenters. The Morgan fingerprint density at radius 1 is 1.90 bits per heavy atom. The summed E-state index contributed by atoms with van der Waals surface area (Å²) in [5.74, 6) is -0.318. The number of rotatable bonds is 5. The van der Waals surface area contributed by atoms with E-state index in [1.165, 1.54) is 0 Å². The van der Waals surface area contributed by atoms with Gasteiger partial charge in [-0.2, -0.15) is 0 Å². The molecule has 0 aliphatic heterocycles. The maximum atomic E-state index is 10.6. The van der Waals surface area contributed by atoms with Crippen LogP contribution in [0, 0.1) is 0 Å². The van der Waals surface area contributed by atoms with Crippen molar-refractivity contribution in [3.63, 3.8) is 0 Å². The molecular formula is C7H14N2O. The van der Waals surface area contributed by atoms with Crippen molar-refractivity contribution in [2.75, 3.05) is 6.54 Å². The van der Waals surface area contributed by atoms with Crippen molar-refractivity contribution >= 4 is 5.91 Å². The van der Waals surface area contributed by atoms with E-state index in [9.17, 15) is 4.79 Å². The molecule has 0 saturated heterocycles. The molecule has 10 heavy (non-hydrogen) atoms. The second kappa shape index (κ2) is 4.99. The minimum absolute atomic E-state index is 0.248. The number of hydrogen-bond donors (Lipinski definition) is 2. The first kappa shape index (κ1) is 9.17. The molecule has 0 bridgehead atoms. The van der Waals surface area contributed by atoms with E-state index in [4.69, 9.17) is 5.73 Å². The lowest BCUT2D eigenvalue weighted by Gasteiger charge is -2.10. The van der Waals surface area contributed by atoms with Gasteiger partial charge < -0.3 is 11.1 Å². The zero-order valence-electron chi connectivity index (χ0n) is 6.26. The van der Waals surface area contributed by atoms with Crippen LogP contribution < -0.4 is 11.1 Å². The average molecular weight is 142 g/mol. The Balaban J connectivity index is 3.71. The van der Waals surface area contributed by atoms with Crippen LogP contribution in [0.2, 0.25) is 0 Å². The summed E-state index contributed by atoms with van der Waals surface area (Å²) in [6.45, 7) is 6.20. The van der Waals surface area contributed by atoms with Crippen molar-refractivity contribution < 1.29 is 4.79 Å². The Morgan fingerprint density at radius 2 is 2.50 bits per heavy atom. The van der Waals surface area contributed by atoms with Crippen LogP contribution in [0.4, 0.5) is 0 Å². The molecule has 0 aromatic carbocycles. The molecule has 0 aliphatic carbocycles. The predicted octanol–water partition coefficient (Wildman–Crippen LogP) is 0.0259. The van der Waals surface area contributed by atoms with Gasteiger partial charge in [0.25, 0.3) is 0 Å². The topological polar surface area (TPSA) is 55.1 Å². The maximum absolute atomic E-state index is 10.6. The highest BCUT2D eigenvalue weighted by molar-refractivity contribution is 5.79. The van der Waals surface area contributed by atoms with Crippen molar-refractivity contribution in [1.82, 2.24) is 5.32 Å². The van der Waals surface area contributed by atoms with E-state index in [1.807, 2.05) is 6.92 Å². The van der Waals surface area contributed by atoms with Crippen LogP contribution in [0.5, 0.6) is 0 Å². The summed E-state index contributed by atoms with van der Waals surface area (Å²) in [6, 6.07) is -0.248. The van der Waals surface area contributed by atoms with E-state index in [0.29, 0.717) is 6.42 Å². The van der Waals surface area contributed by atoms with Gasteiger partial charge in [-0.25, -0.2) is 0 Å². The van der Waals surface area contributed by atoms with Gasteiger partial charge in [-0.3, -0.25) is 4.79 Å². The minimum Gasteiger partial charge on any atom is -0.368 e. The van der Waals surface area contributed by atoms with Crippen LogP contribution in [0.15, 0.2) is 12.7 Å². The number of nitrogens with two attached hydrogens (primary N) is 1. The second-order valence-corrected chi connectivity index (χ2v) is 2.04. The number of nitrogens with one attached hydrogen (secondary N) is 1. The fraction of sp³-hybridized carbons (Fsp3) is 0.571. The summed E-state index contributed by atoms with van der Waals surface area (Å²) in [4.78, 5) is 10.6. The fourth-order valence-electron chi connectivity index (χ4n) is 0.713. The van der Waals surface area contributed by atoms with Crippen LogP contribution in [0.1, 0.15) is 13.3 Å². The van der Waals surface area contributed by atoms with Crippen molar-refractivity contribution in [3.05, 3.63) is 12.7 Å². The third-order valence-corrected chi connectivity index (χ3v) is 1.20. The van der Waals surface area contributed by atoms with E-state index < -0.39 is 0 Å². The second-order valence-electron chi connectivity index (χ2n) is 2.04. The van der Waals surface area contributed by atoms with Crippen molar-refractivity contribution in [2.24, 2.45) is 5.73 Å². The van der Waals surface area contributed by atoms with Gasteiger partial charge >= 0.3 is 0 Å². The lowest BCUT2D eigenvalue weighted by Crippen LogP contribution is -2.40. The van der Waals surface area contributed by atoms with Gasteiger partial charge in [-0.15, -0.1) is 6.58 Å². The first-order chi connectivity index (χ1) is 4.72. The highest BCUT2D eigenvalue weighted by atomic mass is 16.1. The highest BCUT2D eigenvalue weighted by Gasteiger charge is 2.09. The zero-order valence-corrected chi connectivity index (χ0v) is 6.26. The highest BCUT2D eigenvalue weighted by Crippen LogP contribution is 1.89. The van der Waals surface area contributed by atoms with Gasteiger partial charge in [-0.1, -0.05) is 13.0 Å². The number of primary amides is 1. The smallest absolute Gasteiger partial charge is 0.234 e. The quantitative estimate of drug-likeness (QED) is 0.532. The van der Waals surface area contributed by atoms with Gasteiger partial charge in [0.1, 0.15) is 0 Å². The van der Waals surface area contributed by atoms with E-state index in [-0.39, 0.29) is 11.9 Å². The predicted molar refractivity (Wildman–Crippen MR) is 41.5 cm³/mol. The molecule has 0 spiro atoms. The minimum atomic E-state index is -0.318. The lowest BCUT2D eigenvalue weighted by atomic mass is 10.2. The summed E-state index contributed by atoms with van der Waals surface area (Å²) in [5, 5.41) is 2.94. The van der Waals surface area contributed by atoms with Crippen LogP contribution in [-0.2, 0) is 4.79 Å². The van der Waals surface area contributed by atoms with Crippen LogP contribution >= 0.6 is 0 Å². The van der Waals surface area contributed by atoms with Crippen molar-refractivity contribution in [2.45, 2.75) is 19.4 Å². The standard InChI is InChI=1S/C7H14N2O/c1-3-5-6(7(8)10)9-4-2/h3,6,9H,1,4-5H2,2H3,(H2,8,10). The Morgan fingerprint density at radius 3 is 2.80 bits per heavy atom. The number of likely N-dealkylation sites (N-methyl/N-ethyl adjacent to an activating group) is 1. The molecule has 58 valence electrons. The zero-order chi connectivity index (χ0) is 7.98. The first-order valence-corrected chi connectivity index (χ1v) is 3.36. The lowest BCUT2D eigenvalue weighted by molar-refractivity contribution is -0.119. The van der Waals surface area contributed by atoms with Crippen molar-refractivity contribution in [3.8, 4) is 0 Å². The van der Waals surface area contributed by atoms with E-state index in [2.05, 4.69) is 11.9 Å². The molecule has 1 unspecified atom stereocenters. The maximum Gasteiger partial charge on any atom is 0.234 e. The SMILES string of the molecule is C=CCC(NCC)C(N)=O.